The molecule has 7 heteroatoms. The van der Waals surface area contributed by atoms with E-state index in [1.54, 1.807) is 0 Å². The molecular formula is C17H18FN3O3. The second-order valence-corrected chi connectivity index (χ2v) is 5.54. The third-order valence-corrected chi connectivity index (χ3v) is 3.49. The fourth-order valence-electron chi connectivity index (χ4n) is 2.20. The van der Waals surface area contributed by atoms with E-state index in [0.717, 1.165) is 23.4 Å². The molecule has 0 aromatic heterocycles. The topological polar surface area (TPSA) is 75.5 Å². The number of nitro groups is 1. The van der Waals surface area contributed by atoms with Crippen molar-refractivity contribution >= 4 is 23.0 Å². The normalized spacial score (nSPS) is 10.3. The molecule has 24 heavy (non-hydrogen) atoms. The lowest BCUT2D eigenvalue weighted by Gasteiger charge is -2.13. The van der Waals surface area contributed by atoms with E-state index < -0.39 is 16.4 Å². The second-order valence-electron chi connectivity index (χ2n) is 5.54. The van der Waals surface area contributed by atoms with E-state index in [0.29, 0.717) is 6.42 Å². The monoisotopic (exact) mass is 331 g/mol. The predicted octanol–water partition coefficient (Wildman–Crippen LogP) is 3.37. The Morgan fingerprint density at radius 3 is 2.67 bits per heavy atom. The van der Waals surface area contributed by atoms with E-state index in [2.05, 4.69) is 5.32 Å². The third kappa shape index (κ3) is 4.52. The maximum atomic E-state index is 13.3. The summed E-state index contributed by atoms with van der Waals surface area (Å²) in [6.07, 6.45) is 0.763. The first-order valence-electron chi connectivity index (χ1n) is 7.37. The fraction of sp³-hybridized carbons (Fsp3) is 0.235. The first kappa shape index (κ1) is 17.4. The van der Waals surface area contributed by atoms with E-state index in [4.69, 9.17) is 0 Å². The highest BCUT2D eigenvalue weighted by Crippen LogP contribution is 2.22. The van der Waals surface area contributed by atoms with Crippen molar-refractivity contribution in [2.24, 2.45) is 0 Å². The van der Waals surface area contributed by atoms with Crippen LogP contribution in [0.3, 0.4) is 0 Å². The number of hydrogen-bond donors (Lipinski definition) is 1. The lowest BCUT2D eigenvalue weighted by Crippen LogP contribution is -2.13. The van der Waals surface area contributed by atoms with Crippen LogP contribution < -0.4 is 10.2 Å². The van der Waals surface area contributed by atoms with Crippen LogP contribution in [0.25, 0.3) is 0 Å². The van der Waals surface area contributed by atoms with Crippen molar-refractivity contribution < 1.29 is 14.1 Å². The molecule has 0 aliphatic heterocycles. The van der Waals surface area contributed by atoms with Crippen molar-refractivity contribution in [3.63, 3.8) is 0 Å². The quantitative estimate of drug-likeness (QED) is 0.650. The minimum atomic E-state index is -0.932. The van der Waals surface area contributed by atoms with Crippen LogP contribution in [0.2, 0.25) is 0 Å². The molecule has 2 aromatic rings. The first-order valence-corrected chi connectivity index (χ1v) is 7.37. The van der Waals surface area contributed by atoms with Gasteiger partial charge in [-0.3, -0.25) is 14.9 Å². The number of rotatable bonds is 6. The molecule has 0 spiro atoms. The van der Waals surface area contributed by atoms with Gasteiger partial charge in [-0.15, -0.1) is 0 Å². The molecule has 2 aromatic carbocycles. The fourth-order valence-corrected chi connectivity index (χ4v) is 2.20. The molecule has 0 heterocycles. The van der Waals surface area contributed by atoms with Crippen LogP contribution in [0.5, 0.6) is 0 Å². The number of anilines is 2. The summed E-state index contributed by atoms with van der Waals surface area (Å²) >= 11 is 0. The molecule has 0 radical (unpaired) electrons. The zero-order chi connectivity index (χ0) is 17.7. The second kappa shape index (κ2) is 7.54. The molecule has 0 saturated heterocycles. The largest absolute Gasteiger partial charge is 0.378 e. The highest BCUT2D eigenvalue weighted by Gasteiger charge is 2.15. The number of nitro benzene ring substituents is 1. The Morgan fingerprint density at radius 1 is 1.25 bits per heavy atom. The minimum Gasteiger partial charge on any atom is -0.378 e. The van der Waals surface area contributed by atoms with Crippen molar-refractivity contribution in [1.29, 1.82) is 0 Å². The summed E-state index contributed by atoms with van der Waals surface area (Å²) in [6, 6.07) is 11.1. The minimum absolute atomic E-state index is 0.204. The Bertz CT molecular complexity index is 762. The summed E-state index contributed by atoms with van der Waals surface area (Å²) in [6.45, 7) is 0. The van der Waals surface area contributed by atoms with Crippen LogP contribution in [0.15, 0.2) is 42.5 Å². The van der Waals surface area contributed by atoms with Gasteiger partial charge in [0.2, 0.25) is 11.7 Å². The molecule has 126 valence electrons. The Labute approximate surface area is 139 Å². The molecule has 0 fully saturated rings. The highest BCUT2D eigenvalue weighted by molar-refractivity contribution is 5.91. The molecule has 1 N–H and O–H groups in total. The SMILES string of the molecule is CN(C)c1cccc(CCC(=O)Nc2ccc(F)c([N+](=O)[O-])c2)c1. The van der Waals surface area contributed by atoms with Gasteiger partial charge >= 0.3 is 5.69 Å². The van der Waals surface area contributed by atoms with Gasteiger partial charge in [0, 0.05) is 38.0 Å². The number of carbonyl (C=O) groups is 1. The van der Waals surface area contributed by atoms with Crippen LogP contribution in [0, 0.1) is 15.9 Å². The van der Waals surface area contributed by atoms with Gasteiger partial charge in [-0.25, -0.2) is 0 Å². The predicted molar refractivity (Wildman–Crippen MR) is 90.8 cm³/mol. The van der Waals surface area contributed by atoms with Crippen LogP contribution in [-0.2, 0) is 11.2 Å². The van der Waals surface area contributed by atoms with Gasteiger partial charge in [0.1, 0.15) is 0 Å². The molecule has 0 saturated carbocycles. The van der Waals surface area contributed by atoms with Gasteiger partial charge in [0.15, 0.2) is 0 Å². The maximum Gasteiger partial charge on any atom is 0.306 e. The number of carbonyl (C=O) groups excluding carboxylic acids is 1. The summed E-state index contributed by atoms with van der Waals surface area (Å²) in [5.74, 6) is -1.22. The lowest BCUT2D eigenvalue weighted by molar-refractivity contribution is -0.387. The number of amides is 1. The average molecular weight is 331 g/mol. The Kier molecular flexibility index (Phi) is 5.47. The first-order chi connectivity index (χ1) is 11.4. The molecule has 0 bridgehead atoms. The molecule has 0 aliphatic rings. The molecule has 1 amide bonds. The third-order valence-electron chi connectivity index (χ3n) is 3.49. The van der Waals surface area contributed by atoms with E-state index in [9.17, 15) is 19.3 Å². The Morgan fingerprint density at radius 2 is 2.00 bits per heavy atom. The summed E-state index contributed by atoms with van der Waals surface area (Å²) in [7, 11) is 3.88. The van der Waals surface area contributed by atoms with E-state index in [-0.39, 0.29) is 18.0 Å². The molecule has 0 atom stereocenters. The van der Waals surface area contributed by atoms with Crippen molar-refractivity contribution in [3.05, 3.63) is 64.0 Å². The summed E-state index contributed by atoms with van der Waals surface area (Å²) in [5, 5.41) is 13.3. The molecule has 0 aliphatic carbocycles. The number of benzene rings is 2. The smallest absolute Gasteiger partial charge is 0.306 e. The van der Waals surface area contributed by atoms with Crippen LogP contribution in [0.4, 0.5) is 21.5 Å². The van der Waals surface area contributed by atoms with Crippen LogP contribution >= 0.6 is 0 Å². The van der Waals surface area contributed by atoms with E-state index in [1.165, 1.54) is 6.07 Å². The number of aryl methyl sites for hydroxylation is 1. The van der Waals surface area contributed by atoms with Gasteiger partial charge < -0.3 is 10.2 Å². The number of hydrogen-bond acceptors (Lipinski definition) is 4. The van der Waals surface area contributed by atoms with Crippen LogP contribution in [0.1, 0.15) is 12.0 Å². The van der Waals surface area contributed by atoms with Crippen molar-refractivity contribution in [3.8, 4) is 0 Å². The number of halogens is 1. The zero-order valence-corrected chi connectivity index (χ0v) is 13.5. The molecule has 6 nitrogen and oxygen atoms in total. The van der Waals surface area contributed by atoms with Gasteiger partial charge in [0.25, 0.3) is 0 Å². The van der Waals surface area contributed by atoms with Crippen LogP contribution in [-0.4, -0.2) is 24.9 Å². The Hall–Kier alpha value is -2.96. The van der Waals surface area contributed by atoms with E-state index in [1.807, 2.05) is 43.3 Å². The number of nitrogens with one attached hydrogen (secondary N) is 1. The standard InChI is InChI=1S/C17H18FN3O3/c1-20(2)14-5-3-4-12(10-14)6-9-17(22)19-13-7-8-15(18)16(11-13)21(23)24/h3-5,7-8,10-11H,6,9H2,1-2H3,(H,19,22). The van der Waals surface area contributed by atoms with Gasteiger partial charge in [0.05, 0.1) is 4.92 Å². The summed E-state index contributed by atoms with van der Waals surface area (Å²) in [5.41, 5.74) is 1.60. The molecule has 0 unspecified atom stereocenters. The van der Waals surface area contributed by atoms with Crippen molar-refractivity contribution in [2.75, 3.05) is 24.3 Å². The van der Waals surface area contributed by atoms with Crippen molar-refractivity contribution in [2.45, 2.75) is 12.8 Å². The highest BCUT2D eigenvalue weighted by atomic mass is 19.1. The van der Waals surface area contributed by atoms with Gasteiger partial charge in [-0.1, -0.05) is 12.1 Å². The maximum absolute atomic E-state index is 13.3. The summed E-state index contributed by atoms with van der Waals surface area (Å²) in [4.78, 5) is 23.8. The Balaban J connectivity index is 1.98. The lowest BCUT2D eigenvalue weighted by atomic mass is 10.1. The van der Waals surface area contributed by atoms with Gasteiger partial charge in [-0.2, -0.15) is 4.39 Å². The zero-order valence-electron chi connectivity index (χ0n) is 13.5. The van der Waals surface area contributed by atoms with Crippen molar-refractivity contribution in [1.82, 2.24) is 0 Å². The average Bonchev–Trinajstić information content (AvgIpc) is 2.54. The summed E-state index contributed by atoms with van der Waals surface area (Å²) < 4.78 is 13.3. The molecule has 2 rings (SSSR count). The number of nitrogens with zero attached hydrogens (tertiary/aromatic N) is 2. The van der Waals surface area contributed by atoms with Gasteiger partial charge in [-0.05, 0) is 36.2 Å². The molecular weight excluding hydrogens is 313 g/mol. The van der Waals surface area contributed by atoms with E-state index >= 15 is 0 Å².